The first kappa shape index (κ1) is 40.1. The number of nitrogens with zero attached hydrogens (tertiary/aromatic N) is 1. The molecule has 0 saturated carbocycles. The van der Waals surface area contributed by atoms with E-state index < -0.39 is 41.7 Å². The Bertz CT molecular complexity index is 1820. The van der Waals surface area contributed by atoms with Gasteiger partial charge in [-0.3, -0.25) is 10.1 Å². The van der Waals surface area contributed by atoms with Gasteiger partial charge in [0, 0.05) is 42.6 Å². The number of benzene rings is 2. The van der Waals surface area contributed by atoms with Crippen molar-refractivity contribution in [2.75, 3.05) is 32.7 Å². The van der Waals surface area contributed by atoms with E-state index >= 15 is 0 Å². The van der Waals surface area contributed by atoms with Gasteiger partial charge in [0.2, 0.25) is 5.75 Å². The van der Waals surface area contributed by atoms with Gasteiger partial charge in [-0.05, 0) is 99.0 Å². The molecule has 2 aromatic carbocycles. The number of piperidine rings is 1. The van der Waals surface area contributed by atoms with Crippen molar-refractivity contribution in [3.8, 4) is 28.7 Å². The molecule has 2 aliphatic heterocycles. The van der Waals surface area contributed by atoms with Gasteiger partial charge < -0.3 is 55.5 Å². The number of rotatable bonds is 15. The fourth-order valence-corrected chi connectivity index (χ4v) is 8.51. The number of aryl methyl sites for hydroxylation is 1. The van der Waals surface area contributed by atoms with Gasteiger partial charge in [0.05, 0.1) is 37.4 Å². The molecule has 1 spiro atoms. The smallest absolute Gasteiger partial charge is 0.311 e. The molecule has 0 unspecified atom stereocenters. The second-order valence-corrected chi connectivity index (χ2v) is 15.1. The van der Waals surface area contributed by atoms with Gasteiger partial charge >= 0.3 is 5.97 Å². The lowest BCUT2D eigenvalue weighted by Crippen LogP contribution is -2.60. The average Bonchev–Trinajstić information content (AvgIpc) is 3.54. The number of allylic oxidation sites excluding steroid dienone is 1. The lowest BCUT2D eigenvalue weighted by Gasteiger charge is -2.50. The Morgan fingerprint density at radius 3 is 2.64 bits per heavy atom. The maximum absolute atomic E-state index is 12.8. The minimum absolute atomic E-state index is 0.00982. The normalized spacial score (nSPS) is 28.2. The molecule has 2 saturated heterocycles. The molecular weight excluding hydrogens is 708 g/mol. The number of aliphatic hydroxyl groups is 2. The summed E-state index contributed by atoms with van der Waals surface area (Å²) in [7, 11) is 1.45. The molecule has 298 valence electrons. The van der Waals surface area contributed by atoms with Crippen molar-refractivity contribution < 1.29 is 49.3 Å². The topological polar surface area (TPSA) is 218 Å². The van der Waals surface area contributed by atoms with Crippen molar-refractivity contribution >= 4 is 11.8 Å². The molecule has 3 aromatic rings. The monoisotopic (exact) mass is 762 g/mol. The molecule has 0 radical (unpaired) electrons. The standard InChI is InChI=1S/C41H54N4O10/c1-23-10-12-41(30(7-8-31(41)40(50)51)26-11-13-44-38(42)17-26)37(45-23)21-53-36-16-27(15-35(52-3)39(36)49)33-19-28(47)18-29(55-33)6-4-25-5-9-32(48)34(14-25)54-22-43-20-24(2)46/h5,7-9,11,13-17,23-24,28-31,33,37,43,45-49H,4,6,10,12,18-22H2,1-3H3,(H2,42,44)(H,50,51)/t23-,24+,28+,29+,30-,31-,33+,37-,41+/m1/s1. The van der Waals surface area contributed by atoms with Crippen molar-refractivity contribution in [2.45, 2.75) is 94.8 Å². The van der Waals surface area contributed by atoms with E-state index in [0.29, 0.717) is 55.8 Å². The second-order valence-electron chi connectivity index (χ2n) is 15.1. The lowest BCUT2D eigenvalue weighted by atomic mass is 9.59. The number of hydrogen-bond donors (Lipinski definition) is 8. The molecule has 2 fully saturated rings. The fourth-order valence-electron chi connectivity index (χ4n) is 8.51. The summed E-state index contributed by atoms with van der Waals surface area (Å²) in [5, 5.41) is 59.0. The predicted octanol–water partition coefficient (Wildman–Crippen LogP) is 4.16. The first-order chi connectivity index (χ1) is 26.4. The largest absolute Gasteiger partial charge is 0.504 e. The number of aliphatic hydroxyl groups excluding tert-OH is 2. The van der Waals surface area contributed by atoms with Crippen LogP contribution in [-0.4, -0.2) is 93.9 Å². The molecule has 9 atom stereocenters. The number of aliphatic carboxylic acids is 1. The maximum atomic E-state index is 12.8. The molecule has 14 nitrogen and oxygen atoms in total. The number of nitrogens with one attached hydrogen (secondary N) is 2. The summed E-state index contributed by atoms with van der Waals surface area (Å²) in [6.45, 7) is 4.27. The summed E-state index contributed by atoms with van der Waals surface area (Å²) < 4.78 is 24.2. The molecule has 55 heavy (non-hydrogen) atoms. The third-order valence-electron chi connectivity index (χ3n) is 11.2. The van der Waals surface area contributed by atoms with Gasteiger partial charge in [-0.15, -0.1) is 0 Å². The summed E-state index contributed by atoms with van der Waals surface area (Å²) in [5.41, 5.74) is 7.75. The average molecular weight is 763 g/mol. The van der Waals surface area contributed by atoms with E-state index in [-0.39, 0.29) is 54.4 Å². The van der Waals surface area contributed by atoms with Crippen molar-refractivity contribution in [1.82, 2.24) is 15.6 Å². The van der Waals surface area contributed by atoms with Gasteiger partial charge in [-0.1, -0.05) is 18.2 Å². The number of nitrogen functional groups attached to an aromatic ring is 1. The number of carbonyl (C=O) groups is 1. The molecular formula is C41H54N4O10. The van der Waals surface area contributed by atoms with Crippen LogP contribution in [0.2, 0.25) is 0 Å². The van der Waals surface area contributed by atoms with Crippen molar-refractivity contribution in [1.29, 1.82) is 0 Å². The van der Waals surface area contributed by atoms with Crippen LogP contribution in [0.15, 0.2) is 60.8 Å². The van der Waals surface area contributed by atoms with E-state index in [0.717, 1.165) is 17.5 Å². The Balaban J connectivity index is 1.18. The van der Waals surface area contributed by atoms with E-state index in [2.05, 4.69) is 22.5 Å². The molecule has 1 aliphatic carbocycles. The van der Waals surface area contributed by atoms with Crippen LogP contribution in [0.3, 0.4) is 0 Å². The fraction of sp³-hybridized carbons (Fsp3) is 0.512. The number of aromatic nitrogens is 1. The van der Waals surface area contributed by atoms with E-state index in [9.17, 15) is 30.3 Å². The highest BCUT2D eigenvalue weighted by atomic mass is 16.5. The predicted molar refractivity (Wildman–Crippen MR) is 204 cm³/mol. The quantitative estimate of drug-likeness (QED) is 0.0620. The summed E-state index contributed by atoms with van der Waals surface area (Å²) in [6, 6.07) is 11.9. The number of anilines is 1. The minimum Gasteiger partial charge on any atom is -0.504 e. The van der Waals surface area contributed by atoms with Crippen LogP contribution < -0.4 is 30.6 Å². The molecule has 9 N–H and O–H groups in total. The van der Waals surface area contributed by atoms with Gasteiger partial charge in [-0.25, -0.2) is 4.98 Å². The van der Waals surface area contributed by atoms with Crippen molar-refractivity contribution in [2.24, 2.45) is 11.3 Å². The Morgan fingerprint density at radius 2 is 1.89 bits per heavy atom. The van der Waals surface area contributed by atoms with Gasteiger partial charge in [0.15, 0.2) is 23.0 Å². The molecule has 1 aromatic heterocycles. The summed E-state index contributed by atoms with van der Waals surface area (Å²) >= 11 is 0. The highest BCUT2D eigenvalue weighted by Crippen LogP contribution is 2.56. The highest BCUT2D eigenvalue weighted by Gasteiger charge is 2.57. The van der Waals surface area contributed by atoms with Crippen LogP contribution in [0.4, 0.5) is 5.82 Å². The molecule has 14 heteroatoms. The number of ether oxygens (including phenoxy) is 4. The second kappa shape index (κ2) is 17.5. The SMILES string of the molecule is COc1cc([C@@H]2C[C@@H](O)C[C@H](CCc3ccc(O)c(OCNC[C@H](C)O)c3)O2)cc(OC[C@H]2N[C@H](C)CC[C@]23[C@@H](C(=O)O)C=C[C@@H]3c2ccnc(N)c2)c1O. The van der Waals surface area contributed by atoms with E-state index in [4.69, 9.17) is 24.7 Å². The van der Waals surface area contributed by atoms with Crippen LogP contribution in [0.1, 0.15) is 74.7 Å². The highest BCUT2D eigenvalue weighted by molar-refractivity contribution is 5.75. The molecule has 6 rings (SSSR count). The Hall–Kier alpha value is -4.60. The van der Waals surface area contributed by atoms with Gasteiger partial charge in [0.1, 0.15) is 19.2 Å². The minimum atomic E-state index is -0.920. The number of aromatic hydroxyl groups is 2. The Labute approximate surface area is 321 Å². The summed E-state index contributed by atoms with van der Waals surface area (Å²) in [4.78, 5) is 16.9. The first-order valence-corrected chi connectivity index (χ1v) is 19.0. The van der Waals surface area contributed by atoms with E-state index in [1.807, 2.05) is 18.2 Å². The number of phenolic OH excluding ortho intramolecular Hbond substituents is 2. The summed E-state index contributed by atoms with van der Waals surface area (Å²) in [6.07, 6.45) is 6.72. The Kier molecular flexibility index (Phi) is 12.7. The Morgan fingerprint density at radius 1 is 1.09 bits per heavy atom. The molecule has 0 bridgehead atoms. The zero-order chi connectivity index (χ0) is 39.3. The molecule has 3 aliphatic rings. The number of phenols is 2. The zero-order valence-corrected chi connectivity index (χ0v) is 31.6. The van der Waals surface area contributed by atoms with Crippen molar-refractivity contribution in [3.63, 3.8) is 0 Å². The van der Waals surface area contributed by atoms with Crippen LogP contribution >= 0.6 is 0 Å². The number of nitrogens with two attached hydrogens (primary N) is 1. The van der Waals surface area contributed by atoms with Crippen LogP contribution in [0, 0.1) is 11.3 Å². The molecule has 3 heterocycles. The van der Waals surface area contributed by atoms with Gasteiger partial charge in [0.25, 0.3) is 0 Å². The number of carboxylic acids is 1. The van der Waals surface area contributed by atoms with Crippen LogP contribution in [0.25, 0.3) is 0 Å². The maximum Gasteiger partial charge on any atom is 0.311 e. The van der Waals surface area contributed by atoms with Crippen molar-refractivity contribution in [3.05, 3.63) is 77.5 Å². The molecule has 0 amide bonds. The van der Waals surface area contributed by atoms with E-state index in [1.165, 1.54) is 7.11 Å². The number of carboxylic acid groups (broad SMARTS) is 1. The third-order valence-corrected chi connectivity index (χ3v) is 11.2. The number of hydrogen-bond acceptors (Lipinski definition) is 13. The third kappa shape index (κ3) is 9.11. The lowest BCUT2D eigenvalue weighted by molar-refractivity contribution is -0.146. The first-order valence-electron chi connectivity index (χ1n) is 19.0. The van der Waals surface area contributed by atoms with Crippen LogP contribution in [-0.2, 0) is 16.0 Å². The summed E-state index contributed by atoms with van der Waals surface area (Å²) in [5.74, 6) is -1.14. The zero-order valence-electron chi connectivity index (χ0n) is 31.6. The van der Waals surface area contributed by atoms with Crippen LogP contribution in [0.5, 0.6) is 28.7 Å². The number of pyridine rings is 1. The number of methoxy groups -OCH3 is 1. The van der Waals surface area contributed by atoms with E-state index in [1.54, 1.807) is 49.5 Å². The van der Waals surface area contributed by atoms with Gasteiger partial charge in [-0.2, -0.15) is 0 Å².